The van der Waals surface area contributed by atoms with Crippen molar-refractivity contribution in [3.8, 4) is 0 Å². The first kappa shape index (κ1) is 11.3. The zero-order chi connectivity index (χ0) is 12.0. The van der Waals surface area contributed by atoms with Crippen LogP contribution in [0.25, 0.3) is 0 Å². The van der Waals surface area contributed by atoms with Crippen LogP contribution in [0.1, 0.15) is 51.9 Å². The smallest absolute Gasteiger partial charge is 0.331 e. The van der Waals surface area contributed by atoms with Crippen molar-refractivity contribution in [2.45, 2.75) is 51.9 Å². The Labute approximate surface area is 103 Å². The molecule has 17 heavy (non-hydrogen) atoms. The Hall–Kier alpha value is -0.790. The summed E-state index contributed by atoms with van der Waals surface area (Å²) in [7, 11) is 0. The van der Waals surface area contributed by atoms with Gasteiger partial charge in [-0.1, -0.05) is 19.4 Å². The van der Waals surface area contributed by atoms with Gasteiger partial charge in [0.15, 0.2) is 0 Å². The molecule has 0 spiro atoms. The number of aliphatic carboxylic acids is 1. The number of rotatable bonds is 3. The highest BCUT2D eigenvalue weighted by molar-refractivity contribution is 5.86. The van der Waals surface area contributed by atoms with Gasteiger partial charge in [0, 0.05) is 5.57 Å². The molecule has 4 atom stereocenters. The number of hydrogen-bond acceptors (Lipinski definition) is 1. The van der Waals surface area contributed by atoms with E-state index in [2.05, 4.69) is 6.08 Å². The fraction of sp³-hybridized carbons (Fsp3) is 0.800. The molecule has 0 aliphatic heterocycles. The first-order valence-electron chi connectivity index (χ1n) is 7.11. The van der Waals surface area contributed by atoms with E-state index in [1.165, 1.54) is 38.5 Å². The van der Waals surface area contributed by atoms with Gasteiger partial charge in [-0.15, -0.1) is 0 Å². The Bertz CT molecular complexity index is 371. The molecule has 0 aromatic rings. The van der Waals surface area contributed by atoms with Crippen molar-refractivity contribution in [2.24, 2.45) is 23.2 Å². The molecule has 0 amide bonds. The second kappa shape index (κ2) is 3.86. The first-order chi connectivity index (χ1) is 8.16. The van der Waals surface area contributed by atoms with E-state index in [4.69, 9.17) is 0 Å². The number of hydrogen-bond donors (Lipinski definition) is 1. The Balaban J connectivity index is 1.93. The minimum Gasteiger partial charge on any atom is -0.478 e. The highest BCUT2D eigenvalue weighted by Gasteiger charge is 2.57. The van der Waals surface area contributed by atoms with Crippen LogP contribution < -0.4 is 0 Å². The lowest BCUT2D eigenvalue weighted by molar-refractivity contribution is -0.132. The summed E-state index contributed by atoms with van der Waals surface area (Å²) in [5.41, 5.74) is 0.924. The summed E-state index contributed by atoms with van der Waals surface area (Å²) < 4.78 is 0. The number of carboxylic acids is 1. The van der Waals surface area contributed by atoms with Gasteiger partial charge in [-0.3, -0.25) is 0 Å². The van der Waals surface area contributed by atoms with E-state index in [-0.39, 0.29) is 5.41 Å². The van der Waals surface area contributed by atoms with E-state index in [0.717, 1.165) is 17.8 Å². The monoisotopic (exact) mass is 234 g/mol. The maximum atomic E-state index is 11.2. The molecule has 94 valence electrons. The minimum atomic E-state index is -0.702. The van der Waals surface area contributed by atoms with E-state index in [0.29, 0.717) is 12.0 Å². The maximum Gasteiger partial charge on any atom is 0.331 e. The van der Waals surface area contributed by atoms with Crippen molar-refractivity contribution < 1.29 is 9.90 Å². The first-order valence-corrected chi connectivity index (χ1v) is 7.11. The maximum absolute atomic E-state index is 11.2. The molecule has 3 fully saturated rings. The fourth-order valence-corrected chi connectivity index (χ4v) is 5.02. The van der Waals surface area contributed by atoms with Crippen LogP contribution in [0.2, 0.25) is 0 Å². The van der Waals surface area contributed by atoms with Gasteiger partial charge in [0.25, 0.3) is 0 Å². The summed E-state index contributed by atoms with van der Waals surface area (Å²) in [6.45, 7) is 1.96. The minimum absolute atomic E-state index is 0.273. The second-order valence-corrected chi connectivity index (χ2v) is 6.27. The molecule has 0 heterocycles. The zero-order valence-electron chi connectivity index (χ0n) is 10.6. The lowest BCUT2D eigenvalue weighted by atomic mass is 9.71. The van der Waals surface area contributed by atoms with Gasteiger partial charge >= 0.3 is 5.97 Å². The van der Waals surface area contributed by atoms with Crippen LogP contribution in [0, 0.1) is 23.2 Å². The van der Waals surface area contributed by atoms with Crippen LogP contribution in [-0.2, 0) is 4.79 Å². The van der Waals surface area contributed by atoms with Crippen molar-refractivity contribution in [3.63, 3.8) is 0 Å². The van der Waals surface area contributed by atoms with Crippen LogP contribution >= 0.6 is 0 Å². The predicted octanol–water partition coefficient (Wildman–Crippen LogP) is 3.62. The highest BCUT2D eigenvalue weighted by Crippen LogP contribution is 2.66. The van der Waals surface area contributed by atoms with Crippen LogP contribution in [0.15, 0.2) is 11.6 Å². The molecule has 3 rings (SSSR count). The molecule has 4 unspecified atom stereocenters. The van der Waals surface area contributed by atoms with Crippen molar-refractivity contribution >= 4 is 5.97 Å². The molecule has 3 aliphatic carbocycles. The third kappa shape index (κ3) is 1.56. The van der Waals surface area contributed by atoms with Gasteiger partial charge in [0.1, 0.15) is 0 Å². The van der Waals surface area contributed by atoms with Crippen molar-refractivity contribution in [2.75, 3.05) is 0 Å². The molecule has 2 nitrogen and oxygen atoms in total. The highest BCUT2D eigenvalue weighted by atomic mass is 16.4. The summed E-state index contributed by atoms with van der Waals surface area (Å²) in [6.07, 6.45) is 10.8. The molecular weight excluding hydrogens is 212 g/mol. The lowest BCUT2D eigenvalue weighted by Crippen LogP contribution is -2.26. The molecule has 0 aromatic carbocycles. The Morgan fingerprint density at radius 2 is 2.24 bits per heavy atom. The van der Waals surface area contributed by atoms with Crippen LogP contribution in [0.3, 0.4) is 0 Å². The number of carboxylic acid groups (broad SMARTS) is 1. The predicted molar refractivity (Wildman–Crippen MR) is 66.6 cm³/mol. The third-order valence-electron chi connectivity index (χ3n) is 5.65. The molecule has 3 aliphatic rings. The summed E-state index contributed by atoms with van der Waals surface area (Å²) in [4.78, 5) is 11.2. The molecule has 0 saturated heterocycles. The third-order valence-corrected chi connectivity index (χ3v) is 5.65. The SMILES string of the molecule is CCC(=CC12CCC(C1)C1CCCC12)C(=O)O. The number of carbonyl (C=O) groups is 1. The van der Waals surface area contributed by atoms with E-state index in [1.54, 1.807) is 0 Å². The summed E-state index contributed by atoms with van der Waals surface area (Å²) in [6, 6.07) is 0. The Morgan fingerprint density at radius 3 is 2.94 bits per heavy atom. The zero-order valence-corrected chi connectivity index (χ0v) is 10.6. The standard InChI is InChI=1S/C15H22O2/c1-2-10(14(16)17)8-15-7-6-11(9-15)12-4-3-5-13(12)15/h8,11-13H,2-7,9H2,1H3,(H,16,17). The molecule has 2 bridgehead atoms. The van der Waals surface area contributed by atoms with Crippen molar-refractivity contribution in [3.05, 3.63) is 11.6 Å². The van der Waals surface area contributed by atoms with Gasteiger partial charge in [0.05, 0.1) is 0 Å². The molecule has 1 N–H and O–H groups in total. The van der Waals surface area contributed by atoms with Gasteiger partial charge in [-0.05, 0) is 61.7 Å². The number of fused-ring (bicyclic) bond motifs is 5. The molecule has 0 radical (unpaired) electrons. The molecule has 0 aromatic heterocycles. The van der Waals surface area contributed by atoms with Crippen molar-refractivity contribution in [1.29, 1.82) is 0 Å². The number of allylic oxidation sites excluding steroid dienone is 1. The van der Waals surface area contributed by atoms with Crippen LogP contribution in [-0.4, -0.2) is 11.1 Å². The van der Waals surface area contributed by atoms with Gasteiger partial charge in [-0.2, -0.15) is 0 Å². The largest absolute Gasteiger partial charge is 0.478 e. The Morgan fingerprint density at radius 1 is 1.41 bits per heavy atom. The summed E-state index contributed by atoms with van der Waals surface area (Å²) >= 11 is 0. The van der Waals surface area contributed by atoms with E-state index in [9.17, 15) is 9.90 Å². The average molecular weight is 234 g/mol. The van der Waals surface area contributed by atoms with Crippen molar-refractivity contribution in [1.82, 2.24) is 0 Å². The summed E-state index contributed by atoms with van der Waals surface area (Å²) in [5.74, 6) is 1.94. The molecule has 2 heteroatoms. The van der Waals surface area contributed by atoms with Gasteiger partial charge in [-0.25, -0.2) is 4.79 Å². The lowest BCUT2D eigenvalue weighted by Gasteiger charge is -2.34. The van der Waals surface area contributed by atoms with Crippen LogP contribution in [0.4, 0.5) is 0 Å². The van der Waals surface area contributed by atoms with E-state index >= 15 is 0 Å². The average Bonchev–Trinajstić information content (AvgIpc) is 2.97. The quantitative estimate of drug-likeness (QED) is 0.757. The van der Waals surface area contributed by atoms with Gasteiger partial charge < -0.3 is 5.11 Å². The van der Waals surface area contributed by atoms with Gasteiger partial charge in [0.2, 0.25) is 0 Å². The van der Waals surface area contributed by atoms with E-state index in [1.807, 2.05) is 6.92 Å². The second-order valence-electron chi connectivity index (χ2n) is 6.27. The topological polar surface area (TPSA) is 37.3 Å². The normalized spacial score (nSPS) is 44.1. The molecule has 3 saturated carbocycles. The summed E-state index contributed by atoms with van der Waals surface area (Å²) in [5, 5.41) is 9.23. The van der Waals surface area contributed by atoms with Crippen LogP contribution in [0.5, 0.6) is 0 Å². The Kier molecular flexibility index (Phi) is 2.57. The fourth-order valence-electron chi connectivity index (χ4n) is 5.02. The molecular formula is C15H22O2. The van der Waals surface area contributed by atoms with E-state index < -0.39 is 5.97 Å².